The van der Waals surface area contributed by atoms with Crippen LogP contribution in [0.15, 0.2) is 24.3 Å². The summed E-state index contributed by atoms with van der Waals surface area (Å²) in [7, 11) is 0. The highest BCUT2D eigenvalue weighted by molar-refractivity contribution is 6.30. The van der Waals surface area contributed by atoms with Crippen LogP contribution in [-0.4, -0.2) is 22.5 Å². The van der Waals surface area contributed by atoms with Gasteiger partial charge in [0.05, 0.1) is 0 Å². The van der Waals surface area contributed by atoms with E-state index in [4.69, 9.17) is 16.7 Å². The van der Waals surface area contributed by atoms with Crippen molar-refractivity contribution < 1.29 is 14.7 Å². The highest BCUT2D eigenvalue weighted by Gasteiger charge is 2.28. The zero-order valence-corrected chi connectivity index (χ0v) is 11.8. The van der Waals surface area contributed by atoms with E-state index in [2.05, 4.69) is 5.32 Å². The van der Waals surface area contributed by atoms with Gasteiger partial charge in [-0.15, -0.1) is 0 Å². The first-order valence-corrected chi connectivity index (χ1v) is 6.48. The number of carboxylic acid groups (broad SMARTS) is 1. The summed E-state index contributed by atoms with van der Waals surface area (Å²) in [5.41, 5.74) is -0.119. The fraction of sp³-hybridized carbons (Fsp3) is 0.429. The molecule has 0 saturated heterocycles. The Morgan fingerprint density at radius 3 is 2.37 bits per heavy atom. The number of hydrogen-bond acceptors (Lipinski definition) is 2. The van der Waals surface area contributed by atoms with E-state index in [9.17, 15) is 9.59 Å². The highest BCUT2D eigenvalue weighted by Crippen LogP contribution is 2.12. The minimum absolute atomic E-state index is 0.249. The van der Waals surface area contributed by atoms with E-state index < -0.39 is 11.5 Å². The molecule has 1 amide bonds. The molecule has 0 radical (unpaired) electrons. The SMILES string of the molecule is CC(C)(NC(=O)CCCc1ccc(Cl)cc1)C(=O)O. The summed E-state index contributed by atoms with van der Waals surface area (Å²) in [5.74, 6) is -1.29. The van der Waals surface area contributed by atoms with Gasteiger partial charge in [0.25, 0.3) is 0 Å². The first-order chi connectivity index (χ1) is 8.81. The van der Waals surface area contributed by atoms with Gasteiger partial charge < -0.3 is 10.4 Å². The number of halogens is 1. The summed E-state index contributed by atoms with van der Waals surface area (Å²) >= 11 is 5.78. The molecular formula is C14H18ClNO3. The van der Waals surface area contributed by atoms with E-state index in [1.807, 2.05) is 24.3 Å². The molecule has 0 aliphatic heterocycles. The maximum absolute atomic E-state index is 11.6. The molecule has 0 bridgehead atoms. The van der Waals surface area contributed by atoms with E-state index in [-0.39, 0.29) is 5.91 Å². The highest BCUT2D eigenvalue weighted by atomic mass is 35.5. The normalized spacial score (nSPS) is 11.1. The smallest absolute Gasteiger partial charge is 0.328 e. The van der Waals surface area contributed by atoms with Crippen molar-refractivity contribution in [1.82, 2.24) is 5.32 Å². The summed E-state index contributed by atoms with van der Waals surface area (Å²) in [4.78, 5) is 22.5. The predicted molar refractivity (Wildman–Crippen MR) is 74.2 cm³/mol. The Morgan fingerprint density at radius 2 is 1.84 bits per heavy atom. The molecule has 4 nitrogen and oxygen atoms in total. The van der Waals surface area contributed by atoms with Crippen molar-refractivity contribution in [1.29, 1.82) is 0 Å². The molecule has 0 saturated carbocycles. The van der Waals surface area contributed by atoms with Gasteiger partial charge in [0.15, 0.2) is 0 Å². The number of hydrogen-bond donors (Lipinski definition) is 2. The van der Waals surface area contributed by atoms with Crippen molar-refractivity contribution in [3.8, 4) is 0 Å². The number of amides is 1. The average Bonchev–Trinajstić information content (AvgIpc) is 2.31. The number of aryl methyl sites for hydroxylation is 1. The maximum atomic E-state index is 11.6. The Balaban J connectivity index is 2.35. The lowest BCUT2D eigenvalue weighted by Crippen LogP contribution is -2.49. The lowest BCUT2D eigenvalue weighted by molar-refractivity contribution is -0.146. The van der Waals surface area contributed by atoms with Gasteiger partial charge in [0.1, 0.15) is 5.54 Å². The maximum Gasteiger partial charge on any atom is 0.328 e. The van der Waals surface area contributed by atoms with Crippen molar-refractivity contribution in [3.63, 3.8) is 0 Å². The second kappa shape index (κ2) is 6.57. The van der Waals surface area contributed by atoms with E-state index in [0.717, 1.165) is 12.0 Å². The van der Waals surface area contributed by atoms with Gasteiger partial charge in [0.2, 0.25) is 5.91 Å². The van der Waals surface area contributed by atoms with E-state index in [0.29, 0.717) is 17.9 Å². The van der Waals surface area contributed by atoms with Crippen LogP contribution in [0.5, 0.6) is 0 Å². The molecule has 104 valence electrons. The van der Waals surface area contributed by atoms with Crippen molar-refractivity contribution in [2.75, 3.05) is 0 Å². The fourth-order valence-electron chi connectivity index (χ4n) is 1.57. The molecule has 0 heterocycles. The molecule has 0 fully saturated rings. The molecule has 1 aromatic rings. The molecule has 0 aliphatic carbocycles. The number of carbonyl (C=O) groups is 2. The third kappa shape index (κ3) is 5.30. The van der Waals surface area contributed by atoms with Crippen LogP contribution in [-0.2, 0) is 16.0 Å². The Kier molecular flexibility index (Phi) is 5.36. The van der Waals surface area contributed by atoms with Crippen LogP contribution in [0.4, 0.5) is 0 Å². The van der Waals surface area contributed by atoms with E-state index in [1.54, 1.807) is 0 Å². The lowest BCUT2D eigenvalue weighted by atomic mass is 10.0. The number of nitrogens with one attached hydrogen (secondary N) is 1. The Bertz CT molecular complexity index is 454. The zero-order chi connectivity index (χ0) is 14.5. The Labute approximate surface area is 117 Å². The van der Waals surface area contributed by atoms with Crippen molar-refractivity contribution in [3.05, 3.63) is 34.9 Å². The van der Waals surface area contributed by atoms with Crippen LogP contribution in [0.2, 0.25) is 5.02 Å². The van der Waals surface area contributed by atoms with Gasteiger partial charge in [-0.1, -0.05) is 23.7 Å². The number of carbonyl (C=O) groups excluding carboxylic acids is 1. The molecule has 2 N–H and O–H groups in total. The molecule has 0 aliphatic rings. The largest absolute Gasteiger partial charge is 0.480 e. The molecule has 0 unspecified atom stereocenters. The third-order valence-corrected chi connectivity index (χ3v) is 3.02. The fourth-order valence-corrected chi connectivity index (χ4v) is 1.69. The minimum Gasteiger partial charge on any atom is -0.480 e. The molecule has 0 atom stereocenters. The monoisotopic (exact) mass is 283 g/mol. The predicted octanol–water partition coefficient (Wildman–Crippen LogP) is 2.64. The second-order valence-corrected chi connectivity index (χ2v) is 5.39. The summed E-state index contributed by atoms with van der Waals surface area (Å²) in [6.45, 7) is 2.93. The molecule has 5 heteroatoms. The average molecular weight is 284 g/mol. The number of benzene rings is 1. The Morgan fingerprint density at radius 1 is 1.26 bits per heavy atom. The minimum atomic E-state index is -1.22. The molecule has 0 aromatic heterocycles. The first kappa shape index (κ1) is 15.5. The third-order valence-electron chi connectivity index (χ3n) is 2.77. The van der Waals surface area contributed by atoms with E-state index >= 15 is 0 Å². The van der Waals surface area contributed by atoms with Gasteiger partial charge in [0, 0.05) is 11.4 Å². The van der Waals surface area contributed by atoms with Crippen LogP contribution in [0.3, 0.4) is 0 Å². The first-order valence-electron chi connectivity index (χ1n) is 6.10. The molecule has 0 spiro atoms. The standard InChI is InChI=1S/C14H18ClNO3/c1-14(2,13(18)19)16-12(17)5-3-4-10-6-8-11(15)9-7-10/h6-9H,3-5H2,1-2H3,(H,16,17)(H,18,19). The van der Waals surface area contributed by atoms with E-state index in [1.165, 1.54) is 13.8 Å². The van der Waals surface area contributed by atoms with Crippen LogP contribution in [0.1, 0.15) is 32.3 Å². The van der Waals surface area contributed by atoms with Crippen LogP contribution in [0, 0.1) is 0 Å². The Hall–Kier alpha value is -1.55. The van der Waals surface area contributed by atoms with Gasteiger partial charge in [-0.05, 0) is 44.4 Å². The van der Waals surface area contributed by atoms with Gasteiger partial charge >= 0.3 is 5.97 Å². The van der Waals surface area contributed by atoms with Gasteiger partial charge in [-0.25, -0.2) is 4.79 Å². The second-order valence-electron chi connectivity index (χ2n) is 4.96. The summed E-state index contributed by atoms with van der Waals surface area (Å²) < 4.78 is 0. The molecule has 1 aromatic carbocycles. The van der Waals surface area contributed by atoms with Crippen LogP contribution in [0.25, 0.3) is 0 Å². The van der Waals surface area contributed by atoms with Gasteiger partial charge in [-0.2, -0.15) is 0 Å². The molecular weight excluding hydrogens is 266 g/mol. The zero-order valence-electron chi connectivity index (χ0n) is 11.1. The summed E-state index contributed by atoms with van der Waals surface area (Å²) in [6, 6.07) is 7.46. The number of aliphatic carboxylic acids is 1. The molecule has 19 heavy (non-hydrogen) atoms. The van der Waals surface area contributed by atoms with Crippen molar-refractivity contribution >= 4 is 23.5 Å². The van der Waals surface area contributed by atoms with Crippen molar-refractivity contribution in [2.24, 2.45) is 0 Å². The number of rotatable bonds is 6. The summed E-state index contributed by atoms with van der Waals surface area (Å²) in [5, 5.41) is 12.1. The van der Waals surface area contributed by atoms with Crippen molar-refractivity contribution in [2.45, 2.75) is 38.6 Å². The summed E-state index contributed by atoms with van der Waals surface area (Å²) in [6.07, 6.45) is 1.74. The number of carboxylic acids is 1. The van der Waals surface area contributed by atoms with Crippen LogP contribution < -0.4 is 5.32 Å². The quantitative estimate of drug-likeness (QED) is 0.843. The molecule has 1 rings (SSSR count). The van der Waals surface area contributed by atoms with Crippen LogP contribution >= 0.6 is 11.6 Å². The lowest BCUT2D eigenvalue weighted by Gasteiger charge is -2.20. The topological polar surface area (TPSA) is 66.4 Å². The van der Waals surface area contributed by atoms with Gasteiger partial charge in [-0.3, -0.25) is 4.79 Å².